The number of fused-ring (bicyclic) bond motifs is 1. The lowest BCUT2D eigenvalue weighted by atomic mass is 10.0. The number of rotatable bonds is 6. The Morgan fingerprint density at radius 1 is 1.12 bits per heavy atom. The second-order valence-electron chi connectivity index (χ2n) is 8.97. The molecule has 3 aromatic rings. The van der Waals surface area contributed by atoms with Crippen molar-refractivity contribution in [2.45, 2.75) is 52.5 Å². The predicted molar refractivity (Wildman–Crippen MR) is 127 cm³/mol. The summed E-state index contributed by atoms with van der Waals surface area (Å²) in [6, 6.07) is 10.3. The predicted octanol–water partition coefficient (Wildman–Crippen LogP) is 4.26. The summed E-state index contributed by atoms with van der Waals surface area (Å²) in [7, 11) is 0. The van der Waals surface area contributed by atoms with E-state index in [9.17, 15) is 5.26 Å². The van der Waals surface area contributed by atoms with Crippen molar-refractivity contribution >= 4 is 5.95 Å². The van der Waals surface area contributed by atoms with Crippen LogP contribution in [0.1, 0.15) is 46.4 Å². The highest BCUT2D eigenvalue weighted by Crippen LogP contribution is 2.35. The molecule has 0 spiro atoms. The van der Waals surface area contributed by atoms with Gasteiger partial charge < -0.3 is 14.8 Å². The normalized spacial score (nSPS) is 16.1. The highest BCUT2D eigenvalue weighted by atomic mass is 16.5. The van der Waals surface area contributed by atoms with Crippen LogP contribution in [0.2, 0.25) is 0 Å². The van der Waals surface area contributed by atoms with Crippen molar-refractivity contribution < 1.29 is 9.47 Å². The van der Waals surface area contributed by atoms with Gasteiger partial charge in [-0.1, -0.05) is 0 Å². The number of anilines is 1. The van der Waals surface area contributed by atoms with Crippen LogP contribution in [0, 0.1) is 25.2 Å². The van der Waals surface area contributed by atoms with Crippen LogP contribution >= 0.6 is 0 Å². The molecule has 34 heavy (non-hydrogen) atoms. The number of benzene rings is 1. The maximum Gasteiger partial charge on any atom is 0.230 e. The fourth-order valence-corrected chi connectivity index (χ4v) is 4.61. The molecule has 0 atom stereocenters. The molecule has 0 unspecified atom stereocenters. The van der Waals surface area contributed by atoms with Crippen molar-refractivity contribution in [2.24, 2.45) is 0 Å². The number of likely N-dealkylation sites (tertiary alicyclic amines) is 1. The summed E-state index contributed by atoms with van der Waals surface area (Å²) in [6.07, 6.45) is 5.73. The maximum atomic E-state index is 9.23. The third kappa shape index (κ3) is 4.86. The first-order chi connectivity index (χ1) is 16.6. The summed E-state index contributed by atoms with van der Waals surface area (Å²) < 4.78 is 11.9. The van der Waals surface area contributed by atoms with Crippen LogP contribution in [0.3, 0.4) is 0 Å². The average Bonchev–Trinajstić information content (AvgIpc) is 3.32. The van der Waals surface area contributed by atoms with E-state index >= 15 is 0 Å². The van der Waals surface area contributed by atoms with Crippen molar-refractivity contribution in [3.63, 3.8) is 0 Å². The average molecular weight is 457 g/mol. The fourth-order valence-electron chi connectivity index (χ4n) is 4.61. The molecule has 0 bridgehead atoms. The summed E-state index contributed by atoms with van der Waals surface area (Å²) in [4.78, 5) is 16.0. The molecule has 0 aliphatic carbocycles. The van der Waals surface area contributed by atoms with Crippen LogP contribution in [0.5, 0.6) is 11.6 Å². The lowest BCUT2D eigenvalue weighted by Gasteiger charge is -2.32. The van der Waals surface area contributed by atoms with E-state index in [0.29, 0.717) is 36.6 Å². The molecule has 8 nitrogen and oxygen atoms in total. The Balaban J connectivity index is 1.29. The lowest BCUT2D eigenvalue weighted by molar-refractivity contribution is 0.132. The van der Waals surface area contributed by atoms with Crippen molar-refractivity contribution in [1.82, 2.24) is 19.9 Å². The quantitative estimate of drug-likeness (QED) is 0.588. The van der Waals surface area contributed by atoms with Gasteiger partial charge in [0.1, 0.15) is 5.75 Å². The van der Waals surface area contributed by atoms with Crippen LogP contribution in [0.15, 0.2) is 36.7 Å². The molecule has 1 saturated heterocycles. The summed E-state index contributed by atoms with van der Waals surface area (Å²) in [5.74, 6) is 1.83. The Kier molecular flexibility index (Phi) is 6.39. The summed E-state index contributed by atoms with van der Waals surface area (Å²) >= 11 is 0. The van der Waals surface area contributed by atoms with E-state index in [4.69, 9.17) is 19.4 Å². The number of hydrogen-bond donors (Lipinski definition) is 1. The van der Waals surface area contributed by atoms with Gasteiger partial charge in [0, 0.05) is 38.1 Å². The molecule has 1 fully saturated rings. The monoisotopic (exact) mass is 456 g/mol. The molecule has 4 heterocycles. The molecule has 2 aliphatic rings. The van der Waals surface area contributed by atoms with Gasteiger partial charge in [0.2, 0.25) is 11.8 Å². The smallest absolute Gasteiger partial charge is 0.230 e. The highest BCUT2D eigenvalue weighted by molar-refractivity contribution is 5.50. The second kappa shape index (κ2) is 9.75. The van der Waals surface area contributed by atoms with Crippen LogP contribution in [-0.4, -0.2) is 39.0 Å². The number of pyridine rings is 1. The molecular formula is C26H28N6O2. The standard InChI is InChI=1S/C26H28N6O2/c1-17-11-20(13-27)12-18(2)24(17)34-25-22-15-33-16-23(22)30-26(31-25)29-21-5-9-32(10-6-21)14-19-3-7-28-8-4-19/h3-4,7-8,11-12,21H,5-6,9-10,14-16H2,1-2H3,(H,29,30,31). The van der Waals surface area contributed by atoms with Crippen molar-refractivity contribution in [1.29, 1.82) is 5.26 Å². The van der Waals surface area contributed by atoms with Crippen molar-refractivity contribution in [3.05, 3.63) is 70.2 Å². The number of aryl methyl sites for hydroxylation is 2. The molecule has 0 amide bonds. The first kappa shape index (κ1) is 22.3. The second-order valence-corrected chi connectivity index (χ2v) is 8.97. The van der Waals surface area contributed by atoms with Gasteiger partial charge in [-0.2, -0.15) is 10.2 Å². The molecule has 174 valence electrons. The first-order valence-corrected chi connectivity index (χ1v) is 11.6. The lowest BCUT2D eigenvalue weighted by Crippen LogP contribution is -2.39. The molecular weight excluding hydrogens is 428 g/mol. The van der Waals surface area contributed by atoms with Gasteiger partial charge in [-0.3, -0.25) is 9.88 Å². The van der Waals surface area contributed by atoms with E-state index in [0.717, 1.165) is 60.6 Å². The maximum absolute atomic E-state index is 9.23. The molecule has 2 aliphatic heterocycles. The van der Waals surface area contributed by atoms with E-state index in [1.807, 2.05) is 38.4 Å². The van der Waals surface area contributed by atoms with Gasteiger partial charge in [-0.15, -0.1) is 0 Å². The zero-order valence-corrected chi connectivity index (χ0v) is 19.5. The zero-order valence-electron chi connectivity index (χ0n) is 19.5. The number of hydrogen-bond acceptors (Lipinski definition) is 8. The largest absolute Gasteiger partial charge is 0.438 e. The van der Waals surface area contributed by atoms with E-state index in [1.54, 1.807) is 0 Å². The van der Waals surface area contributed by atoms with Crippen molar-refractivity contribution in [3.8, 4) is 17.7 Å². The van der Waals surface area contributed by atoms with E-state index < -0.39 is 0 Å². The van der Waals surface area contributed by atoms with Gasteiger partial charge in [0.15, 0.2) is 0 Å². The molecule has 0 saturated carbocycles. The molecule has 5 rings (SSSR count). The molecule has 8 heteroatoms. The molecule has 2 aromatic heterocycles. The Morgan fingerprint density at radius 3 is 2.56 bits per heavy atom. The van der Waals surface area contributed by atoms with Gasteiger partial charge in [-0.25, -0.2) is 4.98 Å². The van der Waals surface area contributed by atoms with Gasteiger partial charge >= 0.3 is 0 Å². The number of nitrogens with zero attached hydrogens (tertiary/aromatic N) is 5. The summed E-state index contributed by atoms with van der Waals surface area (Å²) in [6.45, 7) is 7.76. The van der Waals surface area contributed by atoms with Crippen LogP contribution < -0.4 is 10.1 Å². The van der Waals surface area contributed by atoms with Crippen LogP contribution in [0.4, 0.5) is 5.95 Å². The Bertz CT molecular complexity index is 1190. The first-order valence-electron chi connectivity index (χ1n) is 11.6. The molecule has 1 N–H and O–H groups in total. The minimum atomic E-state index is 0.306. The van der Waals surface area contributed by atoms with Gasteiger partial charge in [-0.05, 0) is 67.6 Å². The molecule has 0 radical (unpaired) electrons. The van der Waals surface area contributed by atoms with E-state index in [2.05, 4.69) is 33.4 Å². The number of nitrogens with one attached hydrogen (secondary N) is 1. The number of piperidine rings is 1. The highest BCUT2D eigenvalue weighted by Gasteiger charge is 2.25. The van der Waals surface area contributed by atoms with Gasteiger partial charge in [0.25, 0.3) is 0 Å². The SMILES string of the molecule is Cc1cc(C#N)cc(C)c1Oc1nc(NC2CCN(Cc3ccncc3)CC2)nc2c1COC2. The Labute approximate surface area is 199 Å². The van der Waals surface area contributed by atoms with E-state index in [1.165, 1.54) is 5.56 Å². The summed E-state index contributed by atoms with van der Waals surface area (Å²) in [5.41, 5.74) is 5.47. The third-order valence-corrected chi connectivity index (χ3v) is 6.40. The number of ether oxygens (including phenoxy) is 2. The Morgan fingerprint density at radius 2 is 1.85 bits per heavy atom. The number of nitriles is 1. The third-order valence-electron chi connectivity index (χ3n) is 6.40. The molecule has 1 aromatic carbocycles. The van der Waals surface area contributed by atoms with Gasteiger partial charge in [0.05, 0.1) is 36.1 Å². The van der Waals surface area contributed by atoms with Crippen LogP contribution in [0.25, 0.3) is 0 Å². The Hall–Kier alpha value is -3.54. The van der Waals surface area contributed by atoms with Crippen LogP contribution in [-0.2, 0) is 24.5 Å². The number of aromatic nitrogens is 3. The van der Waals surface area contributed by atoms with Crippen molar-refractivity contribution in [2.75, 3.05) is 18.4 Å². The topological polar surface area (TPSA) is 96.2 Å². The van der Waals surface area contributed by atoms with E-state index in [-0.39, 0.29) is 0 Å². The summed E-state index contributed by atoms with van der Waals surface area (Å²) in [5, 5.41) is 12.8. The zero-order chi connectivity index (χ0) is 23.5. The minimum absolute atomic E-state index is 0.306. The minimum Gasteiger partial charge on any atom is -0.438 e. The fraction of sp³-hybridized carbons (Fsp3) is 0.385.